The fourth-order valence-corrected chi connectivity index (χ4v) is 2.62. The highest BCUT2D eigenvalue weighted by Crippen LogP contribution is 2.37. The normalized spacial score (nSPS) is 10.4. The Hall–Kier alpha value is -0.740. The second kappa shape index (κ2) is 2.95. The number of nitrogen functional groups attached to an aromatic ring is 1. The predicted molar refractivity (Wildman–Crippen MR) is 56.2 cm³/mol. The molecule has 2 rings (SSSR count). The van der Waals surface area contributed by atoms with E-state index in [-0.39, 0.29) is 0 Å². The van der Waals surface area contributed by atoms with E-state index in [0.29, 0.717) is 0 Å². The first-order valence-electron chi connectivity index (χ1n) is 3.45. The fraction of sp³-hybridized carbons (Fsp3) is 0. The van der Waals surface area contributed by atoms with Crippen LogP contribution in [-0.4, -0.2) is 4.98 Å². The van der Waals surface area contributed by atoms with E-state index in [4.69, 9.17) is 5.73 Å². The maximum atomic E-state index is 5.80. The molecule has 0 atom stereocenters. The Balaban J connectivity index is 2.60. The molecule has 0 aromatic carbocycles. The molecule has 4 heteroatoms. The van der Waals surface area contributed by atoms with Crippen molar-refractivity contribution in [1.29, 1.82) is 0 Å². The zero-order valence-electron chi connectivity index (χ0n) is 6.17. The van der Waals surface area contributed by atoms with Gasteiger partial charge in [0.15, 0.2) is 0 Å². The minimum atomic E-state index is 0.837. The quantitative estimate of drug-likeness (QED) is 0.793. The van der Waals surface area contributed by atoms with Crippen LogP contribution in [0.15, 0.2) is 28.2 Å². The maximum absolute atomic E-state index is 5.80. The van der Waals surface area contributed by atoms with Gasteiger partial charge in [-0.15, -0.1) is 11.3 Å². The zero-order chi connectivity index (χ0) is 8.55. The minimum absolute atomic E-state index is 0.837. The summed E-state index contributed by atoms with van der Waals surface area (Å²) in [6.07, 6.45) is 1.89. The number of nitrogens with two attached hydrogens (primary N) is 1. The molecule has 62 valence electrons. The molecule has 0 aliphatic heterocycles. The highest BCUT2D eigenvalue weighted by atomic mass is 79.9. The highest BCUT2D eigenvalue weighted by molar-refractivity contribution is 9.10. The van der Waals surface area contributed by atoms with Gasteiger partial charge in [-0.2, -0.15) is 0 Å². The molecule has 0 aliphatic rings. The summed E-state index contributed by atoms with van der Waals surface area (Å²) in [5.74, 6) is 0. The molecule has 3 N–H and O–H groups in total. The Morgan fingerprint density at radius 1 is 1.50 bits per heavy atom. The molecule has 0 aliphatic carbocycles. The van der Waals surface area contributed by atoms with Gasteiger partial charge in [-0.05, 0) is 28.1 Å². The molecule has 12 heavy (non-hydrogen) atoms. The third-order valence-electron chi connectivity index (χ3n) is 1.64. The Bertz CT molecular complexity index is 358. The number of hydrogen-bond donors (Lipinski definition) is 2. The summed E-state index contributed by atoms with van der Waals surface area (Å²) in [6, 6.07) is 3.96. The first-order chi connectivity index (χ1) is 5.79. The van der Waals surface area contributed by atoms with Crippen molar-refractivity contribution in [2.45, 2.75) is 0 Å². The number of anilines is 1. The average molecular weight is 243 g/mol. The van der Waals surface area contributed by atoms with Crippen LogP contribution >= 0.6 is 27.3 Å². The molecule has 0 spiro atoms. The number of nitrogens with one attached hydrogen (secondary N) is 1. The second-order valence-electron chi connectivity index (χ2n) is 2.41. The third-order valence-corrected chi connectivity index (χ3v) is 3.38. The first kappa shape index (κ1) is 7.89. The van der Waals surface area contributed by atoms with Gasteiger partial charge in [0.1, 0.15) is 0 Å². The van der Waals surface area contributed by atoms with Crippen molar-refractivity contribution in [3.63, 3.8) is 0 Å². The number of H-pyrrole nitrogens is 1. The van der Waals surface area contributed by atoms with Crippen LogP contribution in [0, 0.1) is 0 Å². The zero-order valence-corrected chi connectivity index (χ0v) is 8.58. The van der Waals surface area contributed by atoms with Crippen LogP contribution in [0.25, 0.3) is 11.3 Å². The van der Waals surface area contributed by atoms with Gasteiger partial charge >= 0.3 is 0 Å². The van der Waals surface area contributed by atoms with Crippen molar-refractivity contribution < 1.29 is 0 Å². The van der Waals surface area contributed by atoms with Crippen LogP contribution in [0.1, 0.15) is 0 Å². The molecular weight excluding hydrogens is 236 g/mol. The van der Waals surface area contributed by atoms with Gasteiger partial charge in [0.05, 0.1) is 5.00 Å². The molecule has 2 nitrogen and oxygen atoms in total. The van der Waals surface area contributed by atoms with Crippen LogP contribution in [-0.2, 0) is 0 Å². The second-order valence-corrected chi connectivity index (χ2v) is 4.17. The first-order valence-corrected chi connectivity index (χ1v) is 5.12. The average Bonchev–Trinajstić information content (AvgIpc) is 2.61. The number of rotatable bonds is 1. The SMILES string of the molecule is Nc1scc(Br)c1-c1ccc[nH]1. The van der Waals surface area contributed by atoms with Crippen LogP contribution in [0.5, 0.6) is 0 Å². The molecule has 2 aromatic heterocycles. The van der Waals surface area contributed by atoms with E-state index in [1.807, 2.05) is 23.7 Å². The number of aromatic nitrogens is 1. The van der Waals surface area contributed by atoms with E-state index in [1.54, 1.807) is 11.3 Å². The lowest BCUT2D eigenvalue weighted by atomic mass is 10.2. The molecule has 0 saturated carbocycles. The van der Waals surface area contributed by atoms with Gasteiger partial charge in [0.2, 0.25) is 0 Å². The van der Waals surface area contributed by atoms with E-state index in [2.05, 4.69) is 20.9 Å². The smallest absolute Gasteiger partial charge is 0.0963 e. The summed E-state index contributed by atoms with van der Waals surface area (Å²) in [4.78, 5) is 3.12. The molecule has 0 unspecified atom stereocenters. The molecule has 2 heterocycles. The van der Waals surface area contributed by atoms with Gasteiger partial charge in [0, 0.05) is 27.3 Å². The van der Waals surface area contributed by atoms with Crippen molar-refractivity contribution in [2.75, 3.05) is 5.73 Å². The summed E-state index contributed by atoms with van der Waals surface area (Å²) in [5.41, 5.74) is 7.92. The molecule has 0 amide bonds. The lowest BCUT2D eigenvalue weighted by molar-refractivity contribution is 1.41. The van der Waals surface area contributed by atoms with Crippen molar-refractivity contribution in [3.05, 3.63) is 28.2 Å². The minimum Gasteiger partial charge on any atom is -0.390 e. The van der Waals surface area contributed by atoms with E-state index < -0.39 is 0 Å². The molecular formula is C8H7BrN2S. The topological polar surface area (TPSA) is 41.8 Å². The Labute approximate surface area is 82.5 Å². The van der Waals surface area contributed by atoms with Crippen LogP contribution in [0.4, 0.5) is 5.00 Å². The van der Waals surface area contributed by atoms with Crippen molar-refractivity contribution >= 4 is 32.3 Å². The van der Waals surface area contributed by atoms with Crippen molar-refractivity contribution in [1.82, 2.24) is 4.98 Å². The monoisotopic (exact) mass is 242 g/mol. The Morgan fingerprint density at radius 2 is 2.33 bits per heavy atom. The van der Waals surface area contributed by atoms with E-state index in [1.165, 1.54) is 0 Å². The van der Waals surface area contributed by atoms with Gasteiger partial charge in [-0.25, -0.2) is 0 Å². The fourth-order valence-electron chi connectivity index (χ4n) is 1.10. The maximum Gasteiger partial charge on any atom is 0.0963 e. The number of thiophene rings is 1. The molecule has 0 bridgehead atoms. The van der Waals surface area contributed by atoms with E-state index >= 15 is 0 Å². The Morgan fingerprint density at radius 3 is 2.83 bits per heavy atom. The van der Waals surface area contributed by atoms with Crippen LogP contribution < -0.4 is 5.73 Å². The standard InChI is InChI=1S/C8H7BrN2S/c9-5-4-12-8(10)7(5)6-2-1-3-11-6/h1-4,11H,10H2. The molecule has 0 saturated heterocycles. The van der Waals surface area contributed by atoms with Crippen molar-refractivity contribution in [3.8, 4) is 11.3 Å². The summed E-state index contributed by atoms with van der Waals surface area (Å²) in [7, 11) is 0. The van der Waals surface area contributed by atoms with Crippen LogP contribution in [0.2, 0.25) is 0 Å². The van der Waals surface area contributed by atoms with Gasteiger partial charge in [0.25, 0.3) is 0 Å². The number of halogens is 1. The highest BCUT2D eigenvalue weighted by Gasteiger charge is 2.09. The van der Waals surface area contributed by atoms with Gasteiger partial charge < -0.3 is 10.7 Å². The van der Waals surface area contributed by atoms with Gasteiger partial charge in [-0.3, -0.25) is 0 Å². The molecule has 0 radical (unpaired) electrons. The van der Waals surface area contributed by atoms with Crippen molar-refractivity contribution in [2.24, 2.45) is 0 Å². The lowest BCUT2D eigenvalue weighted by Gasteiger charge is -1.96. The van der Waals surface area contributed by atoms with E-state index in [9.17, 15) is 0 Å². The lowest BCUT2D eigenvalue weighted by Crippen LogP contribution is -1.83. The largest absolute Gasteiger partial charge is 0.390 e. The summed E-state index contributed by atoms with van der Waals surface area (Å²) in [5, 5.41) is 2.83. The predicted octanol–water partition coefficient (Wildman–Crippen LogP) is 3.09. The molecule has 2 aromatic rings. The summed E-state index contributed by atoms with van der Waals surface area (Å²) < 4.78 is 1.05. The third kappa shape index (κ3) is 1.17. The summed E-state index contributed by atoms with van der Waals surface area (Å²) >= 11 is 4.99. The number of hydrogen-bond acceptors (Lipinski definition) is 2. The van der Waals surface area contributed by atoms with Crippen LogP contribution in [0.3, 0.4) is 0 Å². The van der Waals surface area contributed by atoms with E-state index in [0.717, 1.165) is 20.7 Å². The van der Waals surface area contributed by atoms with Gasteiger partial charge in [-0.1, -0.05) is 0 Å². The Kier molecular flexibility index (Phi) is 1.94. The number of aromatic amines is 1. The molecule has 0 fully saturated rings. The summed E-state index contributed by atoms with van der Waals surface area (Å²) in [6.45, 7) is 0.